The van der Waals surface area contributed by atoms with E-state index in [0.29, 0.717) is 60.2 Å². The minimum Gasteiger partial charge on any atom is -0.495 e. The summed E-state index contributed by atoms with van der Waals surface area (Å²) in [5, 5.41) is 18.5. The van der Waals surface area contributed by atoms with E-state index in [-0.39, 0.29) is 49.6 Å². The Morgan fingerprint density at radius 3 is 1.65 bits per heavy atom. The van der Waals surface area contributed by atoms with Gasteiger partial charge in [0.25, 0.3) is 23.6 Å². The Morgan fingerprint density at radius 1 is 0.627 bits per heavy atom. The monoisotopic (exact) mass is 1170 g/mol. The number of aliphatic carboxylic acids is 1. The SMILES string of the molecule is COc1cc(C(=O)N2CC[C@@]3(CCC(=NOCC(=O)O)C3)Cc3ccccc32)ccc1NC(=O)c1cc(F)ccc1Cl.COc1cc(C(=O)N2CC[C@@]3(CCC(N4CCCC4)C3)Cc3ccccc32)ccc1NC(=O)c1cc(F)ccc1Cl. The van der Waals surface area contributed by atoms with E-state index in [1.54, 1.807) is 41.3 Å². The van der Waals surface area contributed by atoms with Crippen molar-refractivity contribution in [1.82, 2.24) is 4.90 Å². The van der Waals surface area contributed by atoms with Crippen LogP contribution in [0.5, 0.6) is 11.5 Å². The molecule has 3 heterocycles. The van der Waals surface area contributed by atoms with E-state index < -0.39 is 36.0 Å². The molecule has 5 aliphatic rings. The Labute approximate surface area is 490 Å². The molecule has 3 aliphatic heterocycles. The third-order valence-electron chi connectivity index (χ3n) is 16.9. The molecule has 3 N–H and O–H groups in total. The number of carboxylic acid groups (broad SMARTS) is 1. The quantitative estimate of drug-likeness (QED) is 0.0999. The van der Waals surface area contributed by atoms with Crippen molar-refractivity contribution in [2.24, 2.45) is 16.0 Å². The number of amides is 4. The fraction of sp³-hybridized carbons (Fsp3) is 0.344. The molecule has 0 aromatic heterocycles. The second kappa shape index (κ2) is 25.3. The number of nitrogens with one attached hydrogen (secondary N) is 2. The van der Waals surface area contributed by atoms with Crippen LogP contribution >= 0.6 is 23.2 Å². The van der Waals surface area contributed by atoms with Crippen molar-refractivity contribution in [3.63, 3.8) is 0 Å². The molecule has 1 unspecified atom stereocenters. The van der Waals surface area contributed by atoms with Gasteiger partial charge in [-0.3, -0.25) is 19.2 Å². The zero-order chi connectivity index (χ0) is 58.4. The number of carboxylic acids is 1. The lowest BCUT2D eigenvalue weighted by molar-refractivity contribution is -0.142. The maximum Gasteiger partial charge on any atom is 0.344 e. The van der Waals surface area contributed by atoms with Gasteiger partial charge in [0.2, 0.25) is 6.61 Å². The van der Waals surface area contributed by atoms with E-state index in [2.05, 4.69) is 32.8 Å². The first-order valence-corrected chi connectivity index (χ1v) is 28.6. The average molecular weight is 1170 g/mol. The van der Waals surface area contributed by atoms with E-state index in [0.717, 1.165) is 66.9 Å². The summed E-state index contributed by atoms with van der Waals surface area (Å²) < 4.78 is 38.5. The molecule has 6 aromatic carbocycles. The Kier molecular flexibility index (Phi) is 17.8. The van der Waals surface area contributed by atoms with E-state index >= 15 is 0 Å². The lowest BCUT2D eigenvalue weighted by Crippen LogP contribution is -2.34. The molecule has 1 saturated heterocycles. The van der Waals surface area contributed by atoms with Crippen LogP contribution in [0.1, 0.15) is 117 Å². The third-order valence-corrected chi connectivity index (χ3v) is 17.6. The summed E-state index contributed by atoms with van der Waals surface area (Å²) in [6, 6.07) is 33.6. The van der Waals surface area contributed by atoms with Gasteiger partial charge in [-0.05, 0) is 197 Å². The zero-order valence-corrected chi connectivity index (χ0v) is 47.7. The number of anilines is 4. The average Bonchev–Trinajstić information content (AvgIpc) is 3.64. The molecule has 3 atom stereocenters. The predicted octanol–water partition coefficient (Wildman–Crippen LogP) is 12.9. The summed E-state index contributed by atoms with van der Waals surface area (Å²) in [7, 11) is 2.91. The van der Waals surface area contributed by atoms with Crippen LogP contribution in [-0.2, 0) is 22.5 Å². The van der Waals surface area contributed by atoms with Gasteiger partial charge in [-0.25, -0.2) is 13.6 Å². The van der Waals surface area contributed by atoms with Crippen LogP contribution in [0, 0.1) is 22.5 Å². The molecule has 15 nitrogen and oxygen atoms in total. The van der Waals surface area contributed by atoms with Crippen LogP contribution in [-0.4, -0.2) is 98.4 Å². The molecule has 19 heteroatoms. The highest BCUT2D eigenvalue weighted by Gasteiger charge is 2.45. The number of rotatable bonds is 12. The van der Waals surface area contributed by atoms with Crippen LogP contribution < -0.4 is 29.9 Å². The van der Waals surface area contributed by atoms with E-state index in [9.17, 15) is 32.8 Å². The number of hydrogen-bond donors (Lipinski definition) is 3. The molecule has 2 saturated carbocycles. The first-order valence-electron chi connectivity index (χ1n) is 27.9. The molecule has 4 amide bonds. The van der Waals surface area contributed by atoms with Gasteiger partial charge >= 0.3 is 5.97 Å². The highest BCUT2D eigenvalue weighted by Crippen LogP contribution is 2.50. The molecular formula is C64H64Cl2F2N6O9. The van der Waals surface area contributed by atoms with Crippen LogP contribution in [0.15, 0.2) is 126 Å². The number of likely N-dealkylation sites (tertiary alicyclic amines) is 1. The summed E-state index contributed by atoms with van der Waals surface area (Å²) in [4.78, 5) is 75.7. The number of carbonyl (C=O) groups is 5. The number of benzene rings is 6. The number of ether oxygens (including phenoxy) is 2. The largest absolute Gasteiger partial charge is 0.495 e. The van der Waals surface area contributed by atoms with Gasteiger partial charge in [-0.2, -0.15) is 0 Å². The summed E-state index contributed by atoms with van der Waals surface area (Å²) in [6.45, 7) is 3.08. The van der Waals surface area contributed by atoms with Crippen LogP contribution in [0.3, 0.4) is 0 Å². The fourth-order valence-electron chi connectivity index (χ4n) is 12.7. The van der Waals surface area contributed by atoms with Crippen LogP contribution in [0.25, 0.3) is 0 Å². The minimum absolute atomic E-state index is 0.0165. The van der Waals surface area contributed by atoms with Gasteiger partial charge in [0.1, 0.15) is 23.1 Å². The highest BCUT2D eigenvalue weighted by molar-refractivity contribution is 6.35. The summed E-state index contributed by atoms with van der Waals surface area (Å²) >= 11 is 12.2. The molecule has 2 aliphatic carbocycles. The number of hydrogen-bond acceptors (Lipinski definition) is 10. The number of para-hydroxylation sites is 2. The van der Waals surface area contributed by atoms with Crippen molar-refractivity contribution in [2.45, 2.75) is 83.1 Å². The molecule has 2 spiro atoms. The van der Waals surface area contributed by atoms with Gasteiger partial charge in [0.05, 0.1) is 52.5 Å². The molecule has 11 rings (SSSR count). The number of nitrogens with zero attached hydrogens (tertiary/aromatic N) is 4. The van der Waals surface area contributed by atoms with Crippen molar-refractivity contribution in [3.8, 4) is 11.5 Å². The van der Waals surface area contributed by atoms with Crippen LogP contribution in [0.2, 0.25) is 10.0 Å². The first kappa shape index (κ1) is 58.3. The van der Waals surface area contributed by atoms with E-state index in [1.165, 1.54) is 89.2 Å². The van der Waals surface area contributed by atoms with E-state index in [4.69, 9.17) is 42.6 Å². The zero-order valence-electron chi connectivity index (χ0n) is 46.2. The van der Waals surface area contributed by atoms with Crippen molar-refractivity contribution >= 4 is 81.3 Å². The lowest BCUT2D eigenvalue weighted by atomic mass is 9.77. The summed E-state index contributed by atoms with van der Waals surface area (Å²) in [5.74, 6) is -3.14. The maximum absolute atomic E-state index is 14.0. The number of carbonyl (C=O) groups excluding carboxylic acids is 4. The van der Waals surface area contributed by atoms with Gasteiger partial charge in [0, 0.05) is 41.6 Å². The van der Waals surface area contributed by atoms with Crippen molar-refractivity contribution in [1.29, 1.82) is 0 Å². The van der Waals surface area contributed by atoms with Gasteiger partial charge in [-0.15, -0.1) is 0 Å². The summed E-state index contributed by atoms with van der Waals surface area (Å²) in [5.41, 5.74) is 6.47. The first-order chi connectivity index (χ1) is 40.0. The number of oxime groups is 1. The summed E-state index contributed by atoms with van der Waals surface area (Å²) in [6.07, 6.45) is 11.9. The number of fused-ring (bicyclic) bond motifs is 2. The molecule has 432 valence electrons. The van der Waals surface area contributed by atoms with Crippen molar-refractivity contribution in [3.05, 3.63) is 176 Å². The highest BCUT2D eigenvalue weighted by atomic mass is 35.5. The van der Waals surface area contributed by atoms with Gasteiger partial charge in [-0.1, -0.05) is 64.8 Å². The predicted molar refractivity (Wildman–Crippen MR) is 316 cm³/mol. The Bertz CT molecular complexity index is 3510. The van der Waals surface area contributed by atoms with Crippen molar-refractivity contribution in [2.75, 3.05) is 67.4 Å². The number of methoxy groups -OCH3 is 2. The Balaban J connectivity index is 0.000000185. The number of halogens is 4. The Morgan fingerprint density at radius 2 is 1.13 bits per heavy atom. The molecule has 3 fully saturated rings. The van der Waals surface area contributed by atoms with Gasteiger partial charge < -0.3 is 44.8 Å². The molecule has 0 bridgehead atoms. The molecule has 83 heavy (non-hydrogen) atoms. The van der Waals surface area contributed by atoms with Crippen molar-refractivity contribution < 1.29 is 52.2 Å². The topological polar surface area (TPSA) is 179 Å². The Hall–Kier alpha value is -7.86. The normalized spacial score (nSPS) is 20.6. The molecular weight excluding hydrogens is 1110 g/mol. The van der Waals surface area contributed by atoms with Crippen LogP contribution in [0.4, 0.5) is 31.5 Å². The smallest absolute Gasteiger partial charge is 0.344 e. The third kappa shape index (κ3) is 13.2. The maximum atomic E-state index is 14.0. The molecule has 6 aromatic rings. The fourth-order valence-corrected chi connectivity index (χ4v) is 13.1. The second-order valence-corrected chi connectivity index (χ2v) is 23.0. The van der Waals surface area contributed by atoms with Gasteiger partial charge in [0.15, 0.2) is 0 Å². The molecule has 0 radical (unpaired) electrons. The second-order valence-electron chi connectivity index (χ2n) is 22.2. The lowest BCUT2D eigenvalue weighted by Gasteiger charge is -2.30. The van der Waals surface area contributed by atoms with E-state index in [1.807, 2.05) is 41.3 Å². The standard InChI is InChI=1S/C33H35ClFN3O3.C31H29ClFN3O6/c1-41-30-18-22(8-11-28(30)36-31(39)26-19-24(35)9-10-27(26)34)32(40)38-17-14-33(20-23-6-2-3-7-29(23)38)13-12-25(21-33)37-15-4-5-16-37;1-41-27-14-19(6-9-25(27)34-29(39)23-15-21(33)7-8-24(23)32)30(40)36-13-12-31(16-20-4-2-3-5-26(20)36)11-10-22(17-31)35-42-18-28(37)38/h2-3,6-11,18-19,25H,4-5,12-17,20-21H2,1H3,(H,36,39);2-9,14-15H,10-13,16-18H2,1H3,(H,34,39)(H,37,38)/t25?,33-;31-/m00/s1. The minimum atomic E-state index is -1.08.